The molecule has 1 aliphatic heterocycles. The summed E-state index contributed by atoms with van der Waals surface area (Å²) < 4.78 is 5.36. The van der Waals surface area contributed by atoms with Crippen LogP contribution in [0.5, 0.6) is 0 Å². The van der Waals surface area contributed by atoms with Gasteiger partial charge in [-0.05, 0) is 61.9 Å². The number of rotatable bonds is 7. The maximum absolute atomic E-state index is 12.7. The number of carbonyl (C=O) groups is 3. The van der Waals surface area contributed by atoms with Crippen molar-refractivity contribution in [3.05, 3.63) is 65.2 Å². The molecule has 0 bridgehead atoms. The lowest BCUT2D eigenvalue weighted by Crippen LogP contribution is -2.51. The molecule has 6 nitrogen and oxygen atoms in total. The maximum atomic E-state index is 12.7. The number of Topliss-reactive ketones (excluding diaryl/α,β-unsaturated/α-hetero) is 1. The molecule has 1 amide bonds. The molecule has 0 aromatic heterocycles. The lowest BCUT2D eigenvalue weighted by atomic mass is 9.89. The fraction of sp³-hybridized carbons (Fsp3) is 0.444. The third kappa shape index (κ3) is 5.81. The van der Waals surface area contributed by atoms with Crippen molar-refractivity contribution in [1.29, 1.82) is 0 Å². The number of nitrogens with zero attached hydrogens (tertiary/aromatic N) is 2. The van der Waals surface area contributed by atoms with E-state index >= 15 is 0 Å². The van der Waals surface area contributed by atoms with Crippen LogP contribution in [-0.4, -0.2) is 54.8 Å². The van der Waals surface area contributed by atoms with Gasteiger partial charge in [0.05, 0.1) is 6.42 Å². The highest BCUT2D eigenvalue weighted by molar-refractivity contribution is 5.98. The Balaban J connectivity index is 1.21. The van der Waals surface area contributed by atoms with Gasteiger partial charge in [0.15, 0.2) is 11.9 Å². The molecule has 6 heteroatoms. The molecule has 4 rings (SSSR count). The van der Waals surface area contributed by atoms with Crippen molar-refractivity contribution in [1.82, 2.24) is 4.90 Å². The number of ether oxygens (including phenoxy) is 1. The number of amides is 1. The zero-order valence-corrected chi connectivity index (χ0v) is 19.3. The molecule has 1 fully saturated rings. The van der Waals surface area contributed by atoms with Gasteiger partial charge in [-0.1, -0.05) is 30.3 Å². The minimum absolute atomic E-state index is 0.0185. The van der Waals surface area contributed by atoms with E-state index in [1.54, 1.807) is 11.8 Å². The van der Waals surface area contributed by atoms with E-state index in [9.17, 15) is 14.4 Å². The number of para-hydroxylation sites is 1. The van der Waals surface area contributed by atoms with Crippen LogP contribution in [0.3, 0.4) is 0 Å². The largest absolute Gasteiger partial charge is 0.453 e. The first-order chi connectivity index (χ1) is 16.0. The molecule has 0 unspecified atom stereocenters. The average Bonchev–Trinajstić information content (AvgIpc) is 2.87. The fourth-order valence-electron chi connectivity index (χ4n) is 4.65. The van der Waals surface area contributed by atoms with E-state index in [4.69, 9.17) is 4.74 Å². The molecule has 0 N–H and O–H groups in total. The topological polar surface area (TPSA) is 66.9 Å². The molecule has 0 spiro atoms. The van der Waals surface area contributed by atoms with Gasteiger partial charge in [-0.25, -0.2) is 0 Å². The summed E-state index contributed by atoms with van der Waals surface area (Å²) in [5.41, 5.74) is 4.38. The van der Waals surface area contributed by atoms with Crippen molar-refractivity contribution < 1.29 is 19.1 Å². The van der Waals surface area contributed by atoms with Crippen molar-refractivity contribution in [3.8, 4) is 0 Å². The van der Waals surface area contributed by atoms with E-state index in [0.717, 1.165) is 38.0 Å². The quantitative estimate of drug-likeness (QED) is 0.476. The van der Waals surface area contributed by atoms with E-state index < -0.39 is 12.1 Å². The molecule has 2 aromatic rings. The SMILES string of the molecule is C[C@H](OC(=O)CCC(=O)c1ccc2c(c1)CCCC2)C(=O)N1CCN(c2ccccc2)CC1. The molecule has 1 atom stereocenters. The highest BCUT2D eigenvalue weighted by atomic mass is 16.5. The number of piperazine rings is 1. The zero-order valence-electron chi connectivity index (χ0n) is 19.3. The van der Waals surface area contributed by atoms with Crippen LogP contribution in [0.2, 0.25) is 0 Å². The van der Waals surface area contributed by atoms with Gasteiger partial charge in [0.2, 0.25) is 0 Å². The Labute approximate surface area is 195 Å². The number of ketones is 1. The average molecular weight is 449 g/mol. The fourth-order valence-corrected chi connectivity index (χ4v) is 4.65. The van der Waals surface area contributed by atoms with E-state index in [2.05, 4.69) is 17.0 Å². The number of esters is 1. The molecule has 2 aromatic carbocycles. The van der Waals surface area contributed by atoms with E-state index in [1.807, 2.05) is 36.4 Å². The summed E-state index contributed by atoms with van der Waals surface area (Å²) in [4.78, 5) is 41.6. The number of hydrogen-bond donors (Lipinski definition) is 0. The van der Waals surface area contributed by atoms with Crippen molar-refractivity contribution >= 4 is 23.3 Å². The summed E-state index contributed by atoms with van der Waals surface area (Å²) in [6, 6.07) is 16.0. The highest BCUT2D eigenvalue weighted by Crippen LogP contribution is 2.23. The summed E-state index contributed by atoms with van der Waals surface area (Å²) in [7, 11) is 0. The second kappa shape index (κ2) is 10.6. The van der Waals surface area contributed by atoms with Crippen LogP contribution in [-0.2, 0) is 27.2 Å². The first-order valence-electron chi connectivity index (χ1n) is 11.9. The molecule has 33 heavy (non-hydrogen) atoms. The number of aryl methyl sites for hydroxylation is 2. The molecule has 1 aliphatic carbocycles. The van der Waals surface area contributed by atoms with Crippen molar-refractivity contribution in [2.24, 2.45) is 0 Å². The molecular formula is C27H32N2O4. The minimum atomic E-state index is -0.848. The van der Waals surface area contributed by atoms with E-state index in [1.165, 1.54) is 17.5 Å². The van der Waals surface area contributed by atoms with Crippen LogP contribution in [0.4, 0.5) is 5.69 Å². The van der Waals surface area contributed by atoms with Crippen LogP contribution in [0.1, 0.15) is 54.1 Å². The van der Waals surface area contributed by atoms with Gasteiger partial charge in [0.1, 0.15) is 0 Å². The monoisotopic (exact) mass is 448 g/mol. The molecule has 2 aliphatic rings. The Morgan fingerprint density at radius 3 is 2.30 bits per heavy atom. The second-order valence-corrected chi connectivity index (χ2v) is 8.89. The summed E-state index contributed by atoms with van der Waals surface area (Å²) in [5, 5.41) is 0. The predicted molar refractivity (Wildman–Crippen MR) is 127 cm³/mol. The van der Waals surface area contributed by atoms with Gasteiger partial charge in [-0.15, -0.1) is 0 Å². The van der Waals surface area contributed by atoms with Crippen molar-refractivity contribution in [2.45, 2.75) is 51.6 Å². The van der Waals surface area contributed by atoms with Crippen LogP contribution in [0.15, 0.2) is 48.5 Å². The lowest BCUT2D eigenvalue weighted by molar-refractivity contribution is -0.159. The van der Waals surface area contributed by atoms with Crippen LogP contribution in [0, 0.1) is 0 Å². The Morgan fingerprint density at radius 1 is 0.879 bits per heavy atom. The van der Waals surface area contributed by atoms with E-state index in [-0.39, 0.29) is 24.5 Å². The standard InChI is InChI=1S/C27H32N2O4/c1-20(27(32)29-17-15-28(16-18-29)24-9-3-2-4-10-24)33-26(31)14-13-25(30)23-12-11-21-7-5-6-8-22(21)19-23/h2-4,9-12,19-20H,5-8,13-18H2,1H3/t20-/m0/s1. The molecule has 1 saturated heterocycles. The lowest BCUT2D eigenvalue weighted by Gasteiger charge is -2.37. The number of benzene rings is 2. The Morgan fingerprint density at radius 2 is 1.58 bits per heavy atom. The van der Waals surface area contributed by atoms with Gasteiger partial charge in [0, 0.05) is 43.9 Å². The van der Waals surface area contributed by atoms with Gasteiger partial charge in [0.25, 0.3) is 5.91 Å². The number of fused-ring (bicyclic) bond motifs is 1. The summed E-state index contributed by atoms with van der Waals surface area (Å²) in [6.07, 6.45) is 3.67. The second-order valence-electron chi connectivity index (χ2n) is 8.89. The summed E-state index contributed by atoms with van der Waals surface area (Å²) >= 11 is 0. The van der Waals surface area contributed by atoms with Gasteiger partial charge in [-0.3, -0.25) is 14.4 Å². The molecule has 174 valence electrons. The third-order valence-corrected chi connectivity index (χ3v) is 6.60. The Kier molecular flexibility index (Phi) is 7.43. The first-order valence-corrected chi connectivity index (χ1v) is 11.9. The number of carbonyl (C=O) groups excluding carboxylic acids is 3. The first kappa shape index (κ1) is 23.0. The molecule has 0 radical (unpaired) electrons. The highest BCUT2D eigenvalue weighted by Gasteiger charge is 2.27. The number of hydrogen-bond acceptors (Lipinski definition) is 5. The molecule has 1 heterocycles. The molecular weight excluding hydrogens is 416 g/mol. The van der Waals surface area contributed by atoms with Crippen LogP contribution >= 0.6 is 0 Å². The maximum Gasteiger partial charge on any atom is 0.307 e. The summed E-state index contributed by atoms with van der Waals surface area (Å²) in [6.45, 7) is 4.27. The molecule has 0 saturated carbocycles. The minimum Gasteiger partial charge on any atom is -0.453 e. The number of anilines is 1. The van der Waals surface area contributed by atoms with Crippen LogP contribution in [0.25, 0.3) is 0 Å². The normalized spacial score (nSPS) is 16.6. The van der Waals surface area contributed by atoms with Crippen molar-refractivity contribution in [2.75, 3.05) is 31.1 Å². The predicted octanol–water partition coefficient (Wildman–Crippen LogP) is 3.81. The van der Waals surface area contributed by atoms with Crippen LogP contribution < -0.4 is 4.90 Å². The van der Waals surface area contributed by atoms with Gasteiger partial charge < -0.3 is 14.5 Å². The third-order valence-electron chi connectivity index (χ3n) is 6.60. The van der Waals surface area contributed by atoms with E-state index in [0.29, 0.717) is 18.7 Å². The zero-order chi connectivity index (χ0) is 23.2. The Hall–Kier alpha value is -3.15. The Bertz CT molecular complexity index is 996. The van der Waals surface area contributed by atoms with Gasteiger partial charge in [-0.2, -0.15) is 0 Å². The van der Waals surface area contributed by atoms with Gasteiger partial charge >= 0.3 is 5.97 Å². The smallest absolute Gasteiger partial charge is 0.307 e. The summed E-state index contributed by atoms with van der Waals surface area (Å²) in [5.74, 6) is -0.751. The van der Waals surface area contributed by atoms with Crippen molar-refractivity contribution in [3.63, 3.8) is 0 Å².